The van der Waals surface area contributed by atoms with Crippen LogP contribution in [0.1, 0.15) is 24.8 Å². The number of piperidine rings is 1. The van der Waals surface area contributed by atoms with Crippen molar-refractivity contribution in [2.75, 3.05) is 25.0 Å². The Morgan fingerprint density at radius 1 is 1.41 bits per heavy atom. The molecule has 92 valence electrons. The Balaban J connectivity index is 1.83. The molecule has 0 spiro atoms. The van der Waals surface area contributed by atoms with Crippen LogP contribution in [0.4, 0.5) is 5.82 Å². The first-order valence-corrected chi connectivity index (χ1v) is 6.07. The second-order valence-corrected chi connectivity index (χ2v) is 4.41. The smallest absolute Gasteiger partial charge is 0.241 e. The van der Waals surface area contributed by atoms with Crippen LogP contribution in [-0.4, -0.2) is 40.6 Å². The minimum absolute atomic E-state index is 0.146. The Morgan fingerprint density at radius 3 is 2.88 bits per heavy atom. The maximum Gasteiger partial charge on any atom is 0.241 e. The Labute approximate surface area is 101 Å². The molecule has 0 atom stereocenters. The van der Waals surface area contributed by atoms with Crippen molar-refractivity contribution in [3.05, 3.63) is 17.8 Å². The van der Waals surface area contributed by atoms with E-state index in [2.05, 4.69) is 15.5 Å². The molecule has 2 heterocycles. The van der Waals surface area contributed by atoms with Crippen molar-refractivity contribution in [2.45, 2.75) is 26.2 Å². The Kier molecular flexibility index (Phi) is 3.90. The summed E-state index contributed by atoms with van der Waals surface area (Å²) in [6.45, 7) is 4.03. The number of amides is 1. The molecule has 1 aliphatic rings. The summed E-state index contributed by atoms with van der Waals surface area (Å²) in [7, 11) is 0. The standard InChI is InChI=1S/C12H18N4O/c1-10-7-11(15-14-8-10)13-9-12(17)16-5-3-2-4-6-16/h7-8H,2-6,9H2,1H3,(H,13,15). The molecule has 1 aromatic rings. The number of carbonyl (C=O) groups excluding carboxylic acids is 1. The number of nitrogens with zero attached hydrogens (tertiary/aromatic N) is 3. The van der Waals surface area contributed by atoms with Crippen molar-refractivity contribution in [1.29, 1.82) is 0 Å². The molecule has 5 nitrogen and oxygen atoms in total. The summed E-state index contributed by atoms with van der Waals surface area (Å²) < 4.78 is 0. The lowest BCUT2D eigenvalue weighted by Gasteiger charge is -2.26. The summed E-state index contributed by atoms with van der Waals surface area (Å²) in [5.74, 6) is 0.809. The molecule has 1 aliphatic heterocycles. The highest BCUT2D eigenvalue weighted by atomic mass is 16.2. The number of nitrogens with one attached hydrogen (secondary N) is 1. The van der Waals surface area contributed by atoms with Crippen LogP contribution in [-0.2, 0) is 4.79 Å². The van der Waals surface area contributed by atoms with Crippen molar-refractivity contribution < 1.29 is 4.79 Å². The van der Waals surface area contributed by atoms with E-state index >= 15 is 0 Å². The van der Waals surface area contributed by atoms with Crippen molar-refractivity contribution in [2.24, 2.45) is 0 Å². The van der Waals surface area contributed by atoms with E-state index in [1.54, 1.807) is 6.20 Å². The number of hydrogen-bond acceptors (Lipinski definition) is 4. The number of rotatable bonds is 3. The van der Waals surface area contributed by atoms with Crippen LogP contribution in [0.5, 0.6) is 0 Å². The average molecular weight is 234 g/mol. The average Bonchev–Trinajstić information content (AvgIpc) is 2.37. The first kappa shape index (κ1) is 11.8. The van der Waals surface area contributed by atoms with Gasteiger partial charge in [-0.15, -0.1) is 5.10 Å². The third kappa shape index (κ3) is 3.41. The lowest BCUT2D eigenvalue weighted by molar-refractivity contribution is -0.130. The Morgan fingerprint density at radius 2 is 2.18 bits per heavy atom. The molecular formula is C12H18N4O. The van der Waals surface area contributed by atoms with Crippen LogP contribution < -0.4 is 5.32 Å². The van der Waals surface area contributed by atoms with E-state index in [1.807, 2.05) is 17.9 Å². The zero-order chi connectivity index (χ0) is 12.1. The monoisotopic (exact) mass is 234 g/mol. The van der Waals surface area contributed by atoms with E-state index in [1.165, 1.54) is 6.42 Å². The third-order valence-corrected chi connectivity index (χ3v) is 2.92. The largest absolute Gasteiger partial charge is 0.360 e. The number of anilines is 1. The van der Waals surface area contributed by atoms with Gasteiger partial charge < -0.3 is 10.2 Å². The molecule has 17 heavy (non-hydrogen) atoms. The van der Waals surface area contributed by atoms with E-state index < -0.39 is 0 Å². The predicted molar refractivity (Wildman–Crippen MR) is 65.7 cm³/mol. The molecule has 0 bridgehead atoms. The Bertz CT molecular complexity index is 388. The number of likely N-dealkylation sites (tertiary alicyclic amines) is 1. The van der Waals surface area contributed by atoms with Gasteiger partial charge in [-0.1, -0.05) is 0 Å². The van der Waals surface area contributed by atoms with Crippen LogP contribution in [0.15, 0.2) is 12.3 Å². The topological polar surface area (TPSA) is 58.1 Å². The zero-order valence-corrected chi connectivity index (χ0v) is 10.1. The highest BCUT2D eigenvalue weighted by molar-refractivity contribution is 5.80. The molecule has 0 radical (unpaired) electrons. The van der Waals surface area contributed by atoms with Gasteiger partial charge in [-0.25, -0.2) is 0 Å². The number of carbonyl (C=O) groups is 1. The molecule has 1 fully saturated rings. The quantitative estimate of drug-likeness (QED) is 0.854. The lowest BCUT2D eigenvalue weighted by atomic mass is 10.1. The minimum Gasteiger partial charge on any atom is -0.360 e. The summed E-state index contributed by atoms with van der Waals surface area (Å²) in [5, 5.41) is 10.8. The molecule has 1 amide bonds. The summed E-state index contributed by atoms with van der Waals surface area (Å²) in [6.07, 6.45) is 5.17. The predicted octanol–water partition coefficient (Wildman–Crippen LogP) is 1.21. The zero-order valence-electron chi connectivity index (χ0n) is 10.1. The van der Waals surface area contributed by atoms with Crippen molar-refractivity contribution in [3.63, 3.8) is 0 Å². The van der Waals surface area contributed by atoms with Crippen molar-refractivity contribution >= 4 is 11.7 Å². The summed E-state index contributed by atoms with van der Waals surface area (Å²) >= 11 is 0. The molecule has 0 unspecified atom stereocenters. The highest BCUT2D eigenvalue weighted by Crippen LogP contribution is 2.09. The molecule has 0 saturated carbocycles. The van der Waals surface area contributed by atoms with Crippen LogP contribution in [0.25, 0.3) is 0 Å². The molecule has 0 aromatic carbocycles. The molecule has 1 saturated heterocycles. The summed E-state index contributed by atoms with van der Waals surface area (Å²) in [6, 6.07) is 1.89. The van der Waals surface area contributed by atoms with Crippen molar-refractivity contribution in [1.82, 2.24) is 15.1 Å². The summed E-state index contributed by atoms with van der Waals surface area (Å²) in [4.78, 5) is 13.8. The fraction of sp³-hybridized carbons (Fsp3) is 0.583. The second kappa shape index (κ2) is 5.61. The lowest BCUT2D eigenvalue weighted by Crippen LogP contribution is -2.39. The Hall–Kier alpha value is -1.65. The van der Waals surface area contributed by atoms with Crippen molar-refractivity contribution in [3.8, 4) is 0 Å². The maximum absolute atomic E-state index is 11.9. The highest BCUT2D eigenvalue weighted by Gasteiger charge is 2.15. The van der Waals surface area contributed by atoms with Gasteiger partial charge in [0.2, 0.25) is 5.91 Å². The fourth-order valence-corrected chi connectivity index (χ4v) is 1.97. The van der Waals surface area contributed by atoms with Crippen LogP contribution in [0.3, 0.4) is 0 Å². The first-order chi connectivity index (χ1) is 8.25. The minimum atomic E-state index is 0.146. The molecular weight excluding hydrogens is 216 g/mol. The van der Waals surface area contributed by atoms with Gasteiger partial charge >= 0.3 is 0 Å². The van der Waals surface area contributed by atoms with Gasteiger partial charge in [-0.3, -0.25) is 4.79 Å². The van der Waals surface area contributed by atoms with E-state index in [0.29, 0.717) is 12.4 Å². The normalized spacial score (nSPS) is 15.7. The van der Waals surface area contributed by atoms with E-state index in [4.69, 9.17) is 0 Å². The van der Waals surface area contributed by atoms with Gasteiger partial charge in [0.1, 0.15) is 5.82 Å². The van der Waals surface area contributed by atoms with Gasteiger partial charge in [0.15, 0.2) is 0 Å². The summed E-state index contributed by atoms with van der Waals surface area (Å²) in [5.41, 5.74) is 1.04. The maximum atomic E-state index is 11.9. The first-order valence-electron chi connectivity index (χ1n) is 6.07. The van der Waals surface area contributed by atoms with Crippen LogP contribution >= 0.6 is 0 Å². The van der Waals surface area contributed by atoms with E-state index in [-0.39, 0.29) is 5.91 Å². The molecule has 1 N–H and O–H groups in total. The number of hydrogen-bond donors (Lipinski definition) is 1. The van der Waals surface area contributed by atoms with Gasteiger partial charge in [0, 0.05) is 13.1 Å². The third-order valence-electron chi connectivity index (χ3n) is 2.92. The van der Waals surface area contributed by atoms with Gasteiger partial charge in [-0.2, -0.15) is 5.10 Å². The molecule has 0 aliphatic carbocycles. The SMILES string of the molecule is Cc1cnnc(NCC(=O)N2CCCCC2)c1. The molecule has 2 rings (SSSR count). The number of aryl methyl sites for hydroxylation is 1. The van der Waals surface area contributed by atoms with E-state index in [0.717, 1.165) is 31.5 Å². The van der Waals surface area contributed by atoms with Gasteiger partial charge in [0.25, 0.3) is 0 Å². The van der Waals surface area contributed by atoms with Crippen LogP contribution in [0, 0.1) is 6.92 Å². The van der Waals surface area contributed by atoms with Gasteiger partial charge in [-0.05, 0) is 37.8 Å². The van der Waals surface area contributed by atoms with E-state index in [9.17, 15) is 4.79 Å². The second-order valence-electron chi connectivity index (χ2n) is 4.41. The number of aromatic nitrogens is 2. The fourth-order valence-electron chi connectivity index (χ4n) is 1.97. The molecule has 1 aromatic heterocycles. The van der Waals surface area contributed by atoms with Crippen LogP contribution in [0.2, 0.25) is 0 Å². The van der Waals surface area contributed by atoms with Gasteiger partial charge in [0.05, 0.1) is 12.7 Å². The molecule has 5 heteroatoms.